The molecular weight excluding hydrogens is 412 g/mol. The Balaban J connectivity index is 1.23. The highest BCUT2D eigenvalue weighted by Crippen LogP contribution is 2.24. The molecule has 1 fully saturated rings. The lowest BCUT2D eigenvalue weighted by Gasteiger charge is -2.33. The number of fused-ring (bicyclic) bond motifs is 1. The summed E-state index contributed by atoms with van der Waals surface area (Å²) < 4.78 is 8.10. The van der Waals surface area contributed by atoms with Crippen molar-refractivity contribution in [2.75, 3.05) is 19.7 Å². The first kappa shape index (κ1) is 21.8. The van der Waals surface area contributed by atoms with Crippen LogP contribution in [-0.4, -0.2) is 45.3 Å². The fraction of sp³-hybridized carbons (Fsp3) is 0.444. The molecule has 3 heterocycles. The van der Waals surface area contributed by atoms with Gasteiger partial charge in [0, 0.05) is 30.9 Å². The van der Waals surface area contributed by atoms with Crippen LogP contribution in [0.25, 0.3) is 0 Å². The first-order valence-electron chi connectivity index (χ1n) is 12.1. The molecule has 0 N–H and O–H groups in total. The lowest BCUT2D eigenvalue weighted by Crippen LogP contribution is -2.42. The number of pyridine rings is 1. The number of hydrogen-bond acceptors (Lipinski definition) is 4. The van der Waals surface area contributed by atoms with Crippen LogP contribution in [0.4, 0.5) is 0 Å². The smallest absolute Gasteiger partial charge is 0.224 e. The summed E-state index contributed by atoms with van der Waals surface area (Å²) in [7, 11) is 0. The number of carbonyl (C=O) groups excluding carboxylic acids is 1. The van der Waals surface area contributed by atoms with Gasteiger partial charge >= 0.3 is 0 Å². The van der Waals surface area contributed by atoms with Gasteiger partial charge in [0.2, 0.25) is 5.91 Å². The molecule has 1 unspecified atom stereocenters. The Hall–Kier alpha value is -2.99. The maximum atomic E-state index is 13.0. The van der Waals surface area contributed by atoms with Gasteiger partial charge < -0.3 is 9.64 Å². The monoisotopic (exact) mass is 444 g/mol. The molecule has 1 atom stereocenters. The molecule has 33 heavy (non-hydrogen) atoms. The molecule has 1 aromatic carbocycles. The molecule has 0 radical (unpaired) electrons. The first-order valence-corrected chi connectivity index (χ1v) is 12.1. The van der Waals surface area contributed by atoms with Crippen LogP contribution in [0.2, 0.25) is 0 Å². The van der Waals surface area contributed by atoms with Gasteiger partial charge in [0.25, 0.3) is 0 Å². The van der Waals surface area contributed by atoms with Crippen LogP contribution in [0, 0.1) is 6.92 Å². The van der Waals surface area contributed by atoms with Crippen molar-refractivity contribution in [3.63, 3.8) is 0 Å². The third kappa shape index (κ3) is 5.17. The number of amides is 1. The largest absolute Gasteiger partial charge is 0.368 e. The Bertz CT molecular complexity index is 1110. The molecule has 2 aliphatic rings. The standard InChI is InChI=1S/C27H32N4O2/c1-20-15-22(16-21-7-3-2-4-8-21)17-24(29-20)26-19-30(13-14-33-26)27(32)11-12-31-25-10-6-5-9-23(25)18-28-31/h2-4,7-8,15,17-18,26H,5-6,9-14,16,19H2,1H3. The van der Waals surface area contributed by atoms with Crippen LogP contribution in [0.5, 0.6) is 0 Å². The third-order valence-electron chi connectivity index (χ3n) is 6.72. The lowest BCUT2D eigenvalue weighted by atomic mass is 9.98. The number of nitrogens with zero attached hydrogens (tertiary/aromatic N) is 4. The molecule has 6 nitrogen and oxygen atoms in total. The summed E-state index contributed by atoms with van der Waals surface area (Å²) in [5.74, 6) is 0.167. The van der Waals surface area contributed by atoms with Gasteiger partial charge in [0.1, 0.15) is 6.10 Å². The Morgan fingerprint density at radius 1 is 1.12 bits per heavy atom. The SMILES string of the molecule is Cc1cc(Cc2ccccc2)cc(C2CN(C(=O)CCn3ncc4c3CCCC4)CCO2)n1. The van der Waals surface area contributed by atoms with Crippen LogP contribution in [0.15, 0.2) is 48.7 Å². The average molecular weight is 445 g/mol. The zero-order valence-corrected chi connectivity index (χ0v) is 19.4. The van der Waals surface area contributed by atoms with Gasteiger partial charge in [-0.2, -0.15) is 5.10 Å². The zero-order chi connectivity index (χ0) is 22.6. The minimum atomic E-state index is -0.186. The van der Waals surface area contributed by atoms with E-state index in [0.717, 1.165) is 30.7 Å². The van der Waals surface area contributed by atoms with Crippen LogP contribution in [0.3, 0.4) is 0 Å². The van der Waals surface area contributed by atoms with Gasteiger partial charge in [-0.25, -0.2) is 0 Å². The molecule has 5 rings (SSSR count). The highest BCUT2D eigenvalue weighted by molar-refractivity contribution is 5.76. The highest BCUT2D eigenvalue weighted by Gasteiger charge is 2.27. The van der Waals surface area contributed by atoms with Crippen LogP contribution in [-0.2, 0) is 35.3 Å². The van der Waals surface area contributed by atoms with Crippen molar-refractivity contribution in [3.05, 3.63) is 82.4 Å². The van der Waals surface area contributed by atoms with Crippen molar-refractivity contribution in [1.29, 1.82) is 0 Å². The van der Waals surface area contributed by atoms with E-state index in [9.17, 15) is 4.79 Å². The van der Waals surface area contributed by atoms with Gasteiger partial charge in [0.15, 0.2) is 0 Å². The molecule has 2 aromatic heterocycles. The van der Waals surface area contributed by atoms with E-state index in [-0.39, 0.29) is 12.0 Å². The van der Waals surface area contributed by atoms with Crippen molar-refractivity contribution < 1.29 is 9.53 Å². The van der Waals surface area contributed by atoms with Crippen molar-refractivity contribution in [2.24, 2.45) is 0 Å². The maximum Gasteiger partial charge on any atom is 0.224 e. The van der Waals surface area contributed by atoms with Crippen molar-refractivity contribution in [2.45, 2.75) is 58.1 Å². The number of benzene rings is 1. The van der Waals surface area contributed by atoms with Crippen LogP contribution in [0.1, 0.15) is 59.1 Å². The van der Waals surface area contributed by atoms with E-state index < -0.39 is 0 Å². The number of rotatable bonds is 6. The summed E-state index contributed by atoms with van der Waals surface area (Å²) in [6, 6.07) is 14.7. The fourth-order valence-electron chi connectivity index (χ4n) is 5.03. The number of hydrogen-bond donors (Lipinski definition) is 0. The molecule has 3 aromatic rings. The van der Waals surface area contributed by atoms with E-state index >= 15 is 0 Å². The number of ether oxygens (including phenoxy) is 1. The topological polar surface area (TPSA) is 60.2 Å². The first-order chi connectivity index (χ1) is 16.2. The maximum absolute atomic E-state index is 13.0. The minimum Gasteiger partial charge on any atom is -0.368 e. The second-order valence-corrected chi connectivity index (χ2v) is 9.20. The van der Waals surface area contributed by atoms with E-state index in [1.54, 1.807) is 0 Å². The zero-order valence-electron chi connectivity index (χ0n) is 19.4. The predicted octanol–water partition coefficient (Wildman–Crippen LogP) is 4.05. The average Bonchev–Trinajstić information content (AvgIpc) is 3.26. The molecule has 0 saturated carbocycles. The quantitative estimate of drug-likeness (QED) is 0.576. The molecule has 1 aliphatic heterocycles. The second-order valence-electron chi connectivity index (χ2n) is 9.20. The molecule has 172 valence electrons. The third-order valence-corrected chi connectivity index (χ3v) is 6.72. The molecule has 1 amide bonds. The van der Waals surface area contributed by atoms with Crippen LogP contribution < -0.4 is 0 Å². The molecule has 0 bridgehead atoms. The van der Waals surface area contributed by atoms with Gasteiger partial charge in [-0.1, -0.05) is 30.3 Å². The van der Waals surface area contributed by atoms with Gasteiger partial charge in [-0.15, -0.1) is 0 Å². The van der Waals surface area contributed by atoms with Gasteiger partial charge in [0.05, 0.1) is 25.0 Å². The van der Waals surface area contributed by atoms with E-state index in [1.165, 1.54) is 35.2 Å². The fourth-order valence-corrected chi connectivity index (χ4v) is 5.03. The Morgan fingerprint density at radius 3 is 2.85 bits per heavy atom. The highest BCUT2D eigenvalue weighted by atomic mass is 16.5. The summed E-state index contributed by atoms with van der Waals surface area (Å²) in [6.45, 7) is 4.40. The van der Waals surface area contributed by atoms with E-state index in [0.29, 0.717) is 32.7 Å². The summed E-state index contributed by atoms with van der Waals surface area (Å²) in [5, 5.41) is 4.54. The summed E-state index contributed by atoms with van der Waals surface area (Å²) in [4.78, 5) is 19.7. The van der Waals surface area contributed by atoms with Crippen molar-refractivity contribution in [3.8, 4) is 0 Å². The van der Waals surface area contributed by atoms with E-state index in [2.05, 4.69) is 41.5 Å². The lowest BCUT2D eigenvalue weighted by molar-refractivity contribution is -0.139. The number of aryl methyl sites for hydroxylation is 3. The van der Waals surface area contributed by atoms with Gasteiger partial charge in [-0.05, 0) is 67.9 Å². The number of aromatic nitrogens is 3. The Kier molecular flexibility index (Phi) is 6.53. The van der Waals surface area contributed by atoms with E-state index in [1.807, 2.05) is 28.8 Å². The normalized spacial score (nSPS) is 18.2. The second kappa shape index (κ2) is 9.87. The summed E-state index contributed by atoms with van der Waals surface area (Å²) >= 11 is 0. The predicted molar refractivity (Wildman–Crippen MR) is 127 cm³/mol. The minimum absolute atomic E-state index is 0.167. The summed E-state index contributed by atoms with van der Waals surface area (Å²) in [6.07, 6.45) is 7.79. The molecule has 6 heteroatoms. The molecular formula is C27H32N4O2. The number of morpholine rings is 1. The molecule has 1 aliphatic carbocycles. The van der Waals surface area contributed by atoms with E-state index in [4.69, 9.17) is 9.72 Å². The van der Waals surface area contributed by atoms with Crippen molar-refractivity contribution in [1.82, 2.24) is 19.7 Å². The van der Waals surface area contributed by atoms with Crippen LogP contribution >= 0.6 is 0 Å². The van der Waals surface area contributed by atoms with Gasteiger partial charge in [-0.3, -0.25) is 14.5 Å². The molecule has 0 spiro atoms. The Labute approximate surface area is 195 Å². The molecule has 1 saturated heterocycles. The number of carbonyl (C=O) groups is 1. The van der Waals surface area contributed by atoms with Crippen molar-refractivity contribution >= 4 is 5.91 Å². The summed E-state index contributed by atoms with van der Waals surface area (Å²) in [5.41, 5.74) is 7.07. The Morgan fingerprint density at radius 2 is 1.97 bits per heavy atom.